The van der Waals surface area contributed by atoms with Gasteiger partial charge in [0.1, 0.15) is 5.69 Å². The average molecular weight is 414 g/mol. The van der Waals surface area contributed by atoms with Gasteiger partial charge in [0, 0.05) is 23.7 Å². The molecule has 0 spiro atoms. The van der Waals surface area contributed by atoms with Crippen LogP contribution in [0.15, 0.2) is 84.9 Å². The molecule has 4 nitrogen and oxygen atoms in total. The van der Waals surface area contributed by atoms with Gasteiger partial charge in [-0.05, 0) is 47.9 Å². The molecule has 2 heterocycles. The third kappa shape index (κ3) is 3.51. The number of amides is 1. The first kappa shape index (κ1) is 18.6. The molecule has 0 aliphatic carbocycles. The normalized spacial score (nSPS) is 13.2. The fourth-order valence-electron chi connectivity index (χ4n) is 3.89. The van der Waals surface area contributed by atoms with Crippen LogP contribution >= 0.6 is 11.6 Å². The smallest absolute Gasteiger partial charge is 0.272 e. The van der Waals surface area contributed by atoms with E-state index in [0.29, 0.717) is 23.8 Å². The van der Waals surface area contributed by atoms with E-state index in [1.165, 1.54) is 11.1 Å². The van der Waals surface area contributed by atoms with Crippen LogP contribution in [0.3, 0.4) is 0 Å². The van der Waals surface area contributed by atoms with E-state index in [1.807, 2.05) is 71.6 Å². The van der Waals surface area contributed by atoms with E-state index in [4.69, 9.17) is 16.7 Å². The summed E-state index contributed by atoms with van der Waals surface area (Å²) in [5.41, 5.74) is 5.63. The molecule has 0 bridgehead atoms. The maximum absolute atomic E-state index is 13.6. The van der Waals surface area contributed by atoms with Crippen molar-refractivity contribution in [2.75, 3.05) is 6.54 Å². The lowest BCUT2D eigenvalue weighted by atomic mass is 9.99. The number of benzene rings is 3. The Morgan fingerprint density at radius 3 is 2.33 bits per heavy atom. The van der Waals surface area contributed by atoms with Crippen molar-refractivity contribution in [3.63, 3.8) is 0 Å². The lowest BCUT2D eigenvalue weighted by Gasteiger charge is -2.29. The highest BCUT2D eigenvalue weighted by molar-refractivity contribution is 6.30. The minimum Gasteiger partial charge on any atom is -0.333 e. The van der Waals surface area contributed by atoms with Gasteiger partial charge >= 0.3 is 0 Å². The number of carbonyl (C=O) groups excluding carboxylic acids is 1. The fraction of sp³-hybridized carbons (Fsp3) is 0.120. The summed E-state index contributed by atoms with van der Waals surface area (Å²) in [7, 11) is 0. The third-order valence-electron chi connectivity index (χ3n) is 5.49. The number of fused-ring (bicyclic) bond motifs is 1. The molecule has 3 aromatic carbocycles. The second kappa shape index (κ2) is 7.81. The molecule has 0 N–H and O–H groups in total. The highest BCUT2D eigenvalue weighted by Gasteiger charge is 2.26. The third-order valence-corrected chi connectivity index (χ3v) is 5.74. The Kier molecular flexibility index (Phi) is 4.85. The molecule has 148 valence electrons. The number of hydrogen-bond donors (Lipinski definition) is 0. The van der Waals surface area contributed by atoms with E-state index in [-0.39, 0.29) is 5.91 Å². The van der Waals surface area contributed by atoms with Crippen LogP contribution in [0.25, 0.3) is 16.9 Å². The highest BCUT2D eigenvalue weighted by atomic mass is 35.5. The Balaban J connectivity index is 1.55. The van der Waals surface area contributed by atoms with Crippen molar-refractivity contribution in [1.29, 1.82) is 0 Å². The molecular weight excluding hydrogens is 394 g/mol. The van der Waals surface area contributed by atoms with Crippen molar-refractivity contribution in [3.05, 3.63) is 107 Å². The van der Waals surface area contributed by atoms with E-state index in [9.17, 15) is 4.79 Å². The first-order valence-electron chi connectivity index (χ1n) is 9.96. The Morgan fingerprint density at radius 1 is 0.867 bits per heavy atom. The SMILES string of the molecule is O=C(c1cc(-c2ccccc2)nn1-c1ccc(Cl)cc1)N1CCc2ccccc2C1. The molecule has 1 aliphatic rings. The topological polar surface area (TPSA) is 38.1 Å². The summed E-state index contributed by atoms with van der Waals surface area (Å²) in [6.45, 7) is 1.31. The zero-order valence-electron chi connectivity index (χ0n) is 16.3. The summed E-state index contributed by atoms with van der Waals surface area (Å²) >= 11 is 6.07. The van der Waals surface area contributed by atoms with E-state index >= 15 is 0 Å². The first-order valence-corrected chi connectivity index (χ1v) is 10.3. The van der Waals surface area contributed by atoms with Crippen LogP contribution in [-0.2, 0) is 13.0 Å². The summed E-state index contributed by atoms with van der Waals surface area (Å²) in [6.07, 6.45) is 0.864. The van der Waals surface area contributed by atoms with Crippen molar-refractivity contribution >= 4 is 17.5 Å². The molecule has 0 fully saturated rings. The van der Waals surface area contributed by atoms with E-state index in [0.717, 1.165) is 23.4 Å². The van der Waals surface area contributed by atoms with Gasteiger partial charge in [-0.25, -0.2) is 4.68 Å². The van der Waals surface area contributed by atoms with Gasteiger partial charge in [-0.15, -0.1) is 0 Å². The molecule has 0 atom stereocenters. The maximum atomic E-state index is 13.6. The fourth-order valence-corrected chi connectivity index (χ4v) is 4.02. The minimum absolute atomic E-state index is 0.0193. The Labute approximate surface area is 180 Å². The standard InChI is InChI=1S/C25H20ClN3O/c26-21-10-12-22(13-11-21)29-24(16-23(27-29)19-7-2-1-3-8-19)25(30)28-15-14-18-6-4-5-9-20(18)17-28/h1-13,16H,14-15,17H2. The summed E-state index contributed by atoms with van der Waals surface area (Å²) in [5, 5.41) is 5.41. The number of aromatic nitrogens is 2. The monoisotopic (exact) mass is 413 g/mol. The van der Waals surface area contributed by atoms with Crippen LogP contribution < -0.4 is 0 Å². The second-order valence-electron chi connectivity index (χ2n) is 7.41. The Bertz CT molecular complexity index is 1200. The largest absolute Gasteiger partial charge is 0.333 e. The molecule has 5 rings (SSSR count). The van der Waals surface area contributed by atoms with Gasteiger partial charge in [-0.3, -0.25) is 4.79 Å². The molecule has 30 heavy (non-hydrogen) atoms. The molecule has 4 aromatic rings. The van der Waals surface area contributed by atoms with Gasteiger partial charge in [-0.2, -0.15) is 5.10 Å². The molecule has 1 aliphatic heterocycles. The number of hydrogen-bond acceptors (Lipinski definition) is 2. The number of carbonyl (C=O) groups is 1. The van der Waals surface area contributed by atoms with Gasteiger partial charge < -0.3 is 4.90 Å². The maximum Gasteiger partial charge on any atom is 0.272 e. The predicted octanol–water partition coefficient (Wildman–Crippen LogP) is 5.39. The number of nitrogens with zero attached hydrogens (tertiary/aromatic N) is 3. The molecule has 0 unspecified atom stereocenters. The van der Waals surface area contributed by atoms with Crippen LogP contribution in [0.4, 0.5) is 0 Å². The Hall–Kier alpha value is -3.37. The molecule has 0 radical (unpaired) electrons. The van der Waals surface area contributed by atoms with E-state index in [1.54, 1.807) is 4.68 Å². The summed E-state index contributed by atoms with van der Waals surface area (Å²) in [6, 6.07) is 27.5. The van der Waals surface area contributed by atoms with Gasteiger partial charge in [0.25, 0.3) is 5.91 Å². The van der Waals surface area contributed by atoms with Crippen molar-refractivity contribution < 1.29 is 4.79 Å². The van der Waals surface area contributed by atoms with Crippen LogP contribution in [0.2, 0.25) is 5.02 Å². The molecular formula is C25H20ClN3O. The summed E-state index contributed by atoms with van der Waals surface area (Å²) < 4.78 is 1.72. The lowest BCUT2D eigenvalue weighted by molar-refractivity contribution is 0.0725. The number of rotatable bonds is 3. The molecule has 1 amide bonds. The zero-order valence-corrected chi connectivity index (χ0v) is 17.1. The van der Waals surface area contributed by atoms with Crippen molar-refractivity contribution in [1.82, 2.24) is 14.7 Å². The summed E-state index contributed by atoms with van der Waals surface area (Å²) in [5.74, 6) is -0.0193. The minimum atomic E-state index is -0.0193. The molecule has 0 saturated carbocycles. The second-order valence-corrected chi connectivity index (χ2v) is 7.85. The van der Waals surface area contributed by atoms with Gasteiger partial charge in [-0.1, -0.05) is 66.2 Å². The van der Waals surface area contributed by atoms with Crippen molar-refractivity contribution in [2.24, 2.45) is 0 Å². The molecule has 0 saturated heterocycles. The molecule has 1 aromatic heterocycles. The highest BCUT2D eigenvalue weighted by Crippen LogP contribution is 2.26. The predicted molar refractivity (Wildman–Crippen MR) is 119 cm³/mol. The lowest BCUT2D eigenvalue weighted by Crippen LogP contribution is -2.37. The van der Waals surface area contributed by atoms with Crippen LogP contribution in [0, 0.1) is 0 Å². The van der Waals surface area contributed by atoms with Crippen LogP contribution in [0.1, 0.15) is 21.6 Å². The van der Waals surface area contributed by atoms with E-state index < -0.39 is 0 Å². The molecule has 5 heteroatoms. The average Bonchev–Trinajstić information content (AvgIpc) is 3.25. The van der Waals surface area contributed by atoms with Gasteiger partial charge in [0.2, 0.25) is 0 Å². The van der Waals surface area contributed by atoms with Crippen molar-refractivity contribution in [3.8, 4) is 16.9 Å². The first-order chi connectivity index (χ1) is 14.7. The van der Waals surface area contributed by atoms with Crippen LogP contribution in [0.5, 0.6) is 0 Å². The van der Waals surface area contributed by atoms with Crippen molar-refractivity contribution in [2.45, 2.75) is 13.0 Å². The summed E-state index contributed by atoms with van der Waals surface area (Å²) in [4.78, 5) is 15.5. The van der Waals surface area contributed by atoms with Gasteiger partial charge in [0.05, 0.1) is 11.4 Å². The number of halogens is 1. The zero-order chi connectivity index (χ0) is 20.5. The van der Waals surface area contributed by atoms with Crippen LogP contribution in [-0.4, -0.2) is 27.1 Å². The quantitative estimate of drug-likeness (QED) is 0.451. The van der Waals surface area contributed by atoms with Gasteiger partial charge in [0.15, 0.2) is 0 Å². The Morgan fingerprint density at radius 2 is 1.57 bits per heavy atom. The van der Waals surface area contributed by atoms with E-state index in [2.05, 4.69) is 18.2 Å².